The van der Waals surface area contributed by atoms with Gasteiger partial charge in [0.05, 0.1) is 6.61 Å². The molecule has 1 aliphatic rings. The third-order valence-corrected chi connectivity index (χ3v) is 3.23. The van der Waals surface area contributed by atoms with E-state index < -0.39 is 17.8 Å². The highest BCUT2D eigenvalue weighted by atomic mass is 16.7. The Morgan fingerprint density at radius 1 is 1.05 bits per heavy atom. The fourth-order valence-electron chi connectivity index (χ4n) is 2.04. The molecule has 1 aliphatic heterocycles. The van der Waals surface area contributed by atoms with Crippen molar-refractivity contribution in [2.45, 2.75) is 38.7 Å². The number of carbonyl (C=O) groups is 3. The van der Waals surface area contributed by atoms with Crippen molar-refractivity contribution in [1.29, 1.82) is 0 Å². The Hall–Kier alpha value is -2.21. The van der Waals surface area contributed by atoms with Crippen molar-refractivity contribution in [1.82, 2.24) is 5.06 Å². The molecule has 0 atom stereocenters. The van der Waals surface area contributed by atoms with Gasteiger partial charge in [0.25, 0.3) is 11.8 Å². The highest BCUT2D eigenvalue weighted by Gasteiger charge is 2.32. The predicted molar refractivity (Wildman–Crippen MR) is 77.1 cm³/mol. The summed E-state index contributed by atoms with van der Waals surface area (Å²) in [5.41, 5.74) is 1.10. The van der Waals surface area contributed by atoms with Gasteiger partial charge in [0.15, 0.2) is 0 Å². The molecule has 6 heteroatoms. The zero-order valence-corrected chi connectivity index (χ0v) is 12.3. The standard InChI is InChI=1S/C16H19NO5/c18-14-9-10-15(19)17(14)22-16(20)8-4-5-11-21-12-13-6-2-1-3-7-13/h1-3,6-7H,4-5,8-12H2. The van der Waals surface area contributed by atoms with Crippen LogP contribution in [0.1, 0.15) is 37.7 Å². The maximum absolute atomic E-state index is 11.5. The van der Waals surface area contributed by atoms with E-state index in [0.717, 1.165) is 5.56 Å². The van der Waals surface area contributed by atoms with Crippen LogP contribution in [0.15, 0.2) is 30.3 Å². The van der Waals surface area contributed by atoms with Gasteiger partial charge in [-0.25, -0.2) is 4.79 Å². The molecule has 6 nitrogen and oxygen atoms in total. The molecule has 1 aromatic carbocycles. The van der Waals surface area contributed by atoms with E-state index in [1.165, 1.54) is 0 Å². The number of ether oxygens (including phenoxy) is 1. The molecule has 118 valence electrons. The van der Waals surface area contributed by atoms with E-state index in [-0.39, 0.29) is 19.3 Å². The van der Waals surface area contributed by atoms with E-state index in [2.05, 4.69) is 0 Å². The number of carbonyl (C=O) groups excluding carboxylic acids is 3. The van der Waals surface area contributed by atoms with Crippen molar-refractivity contribution >= 4 is 17.8 Å². The van der Waals surface area contributed by atoms with E-state index in [1.807, 2.05) is 30.3 Å². The van der Waals surface area contributed by atoms with Crippen LogP contribution in [-0.2, 0) is 30.6 Å². The topological polar surface area (TPSA) is 72.9 Å². The van der Waals surface area contributed by atoms with Crippen molar-refractivity contribution in [2.75, 3.05) is 6.61 Å². The van der Waals surface area contributed by atoms with Crippen LogP contribution in [0, 0.1) is 0 Å². The quantitative estimate of drug-likeness (QED) is 0.542. The first kappa shape index (κ1) is 16.2. The van der Waals surface area contributed by atoms with Crippen LogP contribution in [-0.4, -0.2) is 29.5 Å². The predicted octanol–water partition coefficient (Wildman–Crippen LogP) is 1.98. The largest absolute Gasteiger partial charge is 0.377 e. The van der Waals surface area contributed by atoms with Crippen molar-refractivity contribution in [2.24, 2.45) is 0 Å². The second kappa shape index (κ2) is 8.29. The summed E-state index contributed by atoms with van der Waals surface area (Å²) in [6.07, 6.45) is 1.68. The number of hydrogen-bond acceptors (Lipinski definition) is 5. The summed E-state index contributed by atoms with van der Waals surface area (Å²) < 4.78 is 5.50. The van der Waals surface area contributed by atoms with Gasteiger partial charge in [-0.15, -0.1) is 5.06 Å². The van der Waals surface area contributed by atoms with Crippen LogP contribution < -0.4 is 0 Å². The smallest absolute Gasteiger partial charge is 0.333 e. The van der Waals surface area contributed by atoms with E-state index in [0.29, 0.717) is 31.1 Å². The monoisotopic (exact) mass is 305 g/mol. The Morgan fingerprint density at radius 2 is 1.73 bits per heavy atom. The summed E-state index contributed by atoms with van der Waals surface area (Å²) in [7, 11) is 0. The summed E-state index contributed by atoms with van der Waals surface area (Å²) in [6.45, 7) is 1.09. The van der Waals surface area contributed by atoms with Gasteiger partial charge in [0, 0.05) is 25.9 Å². The first-order valence-corrected chi connectivity index (χ1v) is 7.35. The number of hydrogen-bond donors (Lipinski definition) is 0. The van der Waals surface area contributed by atoms with Crippen molar-refractivity contribution in [3.63, 3.8) is 0 Å². The number of nitrogens with zero attached hydrogens (tertiary/aromatic N) is 1. The molecule has 2 amide bonds. The second-order valence-corrected chi connectivity index (χ2v) is 5.04. The average molecular weight is 305 g/mol. The maximum atomic E-state index is 11.5. The molecule has 0 bridgehead atoms. The molecule has 1 heterocycles. The Morgan fingerprint density at radius 3 is 2.41 bits per heavy atom. The Balaban J connectivity index is 1.54. The molecular formula is C16H19NO5. The zero-order valence-electron chi connectivity index (χ0n) is 12.3. The van der Waals surface area contributed by atoms with E-state index >= 15 is 0 Å². The minimum Gasteiger partial charge on any atom is -0.377 e. The van der Waals surface area contributed by atoms with E-state index in [4.69, 9.17) is 9.57 Å². The van der Waals surface area contributed by atoms with Gasteiger partial charge in [0.2, 0.25) is 0 Å². The number of amides is 2. The number of hydroxylamine groups is 2. The molecule has 0 unspecified atom stereocenters. The van der Waals surface area contributed by atoms with Gasteiger partial charge in [-0.2, -0.15) is 0 Å². The minimum atomic E-state index is -0.563. The molecule has 0 N–H and O–H groups in total. The fraction of sp³-hybridized carbons (Fsp3) is 0.438. The molecule has 1 fully saturated rings. The Kier molecular flexibility index (Phi) is 6.09. The van der Waals surface area contributed by atoms with Crippen LogP contribution in [0.4, 0.5) is 0 Å². The van der Waals surface area contributed by atoms with E-state index in [9.17, 15) is 14.4 Å². The summed E-state index contributed by atoms with van der Waals surface area (Å²) in [6, 6.07) is 9.83. The Labute approximate surface area is 129 Å². The lowest BCUT2D eigenvalue weighted by Crippen LogP contribution is -2.31. The van der Waals surface area contributed by atoms with Crippen LogP contribution in [0.25, 0.3) is 0 Å². The van der Waals surface area contributed by atoms with Crippen LogP contribution in [0.5, 0.6) is 0 Å². The number of unbranched alkanes of at least 4 members (excludes halogenated alkanes) is 1. The third-order valence-electron chi connectivity index (χ3n) is 3.23. The van der Waals surface area contributed by atoms with Crippen molar-refractivity contribution in [3.05, 3.63) is 35.9 Å². The summed E-state index contributed by atoms with van der Waals surface area (Å²) in [5, 5.41) is 0.578. The second-order valence-electron chi connectivity index (χ2n) is 5.04. The highest BCUT2D eigenvalue weighted by Crippen LogP contribution is 2.13. The molecular weight excluding hydrogens is 286 g/mol. The summed E-state index contributed by atoms with van der Waals surface area (Å²) in [4.78, 5) is 38.9. The molecule has 0 aromatic heterocycles. The summed E-state index contributed by atoms with van der Waals surface area (Å²) >= 11 is 0. The SMILES string of the molecule is O=C(CCCCOCc1ccccc1)ON1C(=O)CCC1=O. The third kappa shape index (κ3) is 4.96. The average Bonchev–Trinajstić information content (AvgIpc) is 2.83. The first-order valence-electron chi connectivity index (χ1n) is 7.35. The highest BCUT2D eigenvalue weighted by molar-refractivity contribution is 6.01. The first-order chi connectivity index (χ1) is 10.7. The van der Waals surface area contributed by atoms with Crippen molar-refractivity contribution < 1.29 is 24.0 Å². The lowest BCUT2D eigenvalue weighted by atomic mass is 10.2. The zero-order chi connectivity index (χ0) is 15.8. The lowest BCUT2D eigenvalue weighted by molar-refractivity contribution is -0.197. The maximum Gasteiger partial charge on any atom is 0.333 e. The van der Waals surface area contributed by atoms with Gasteiger partial charge in [-0.05, 0) is 18.4 Å². The molecule has 0 aliphatic carbocycles. The van der Waals surface area contributed by atoms with Crippen molar-refractivity contribution in [3.8, 4) is 0 Å². The van der Waals surface area contributed by atoms with Crippen LogP contribution >= 0.6 is 0 Å². The van der Waals surface area contributed by atoms with Crippen LogP contribution in [0.2, 0.25) is 0 Å². The summed E-state index contributed by atoms with van der Waals surface area (Å²) in [5.74, 6) is -1.47. The van der Waals surface area contributed by atoms with Gasteiger partial charge in [0.1, 0.15) is 0 Å². The van der Waals surface area contributed by atoms with Gasteiger partial charge in [-0.3, -0.25) is 9.59 Å². The molecule has 1 saturated heterocycles. The molecule has 2 rings (SSSR count). The molecule has 0 spiro atoms. The number of rotatable bonds is 8. The van der Waals surface area contributed by atoms with Crippen LogP contribution in [0.3, 0.4) is 0 Å². The molecule has 0 saturated carbocycles. The lowest BCUT2D eigenvalue weighted by Gasteiger charge is -2.12. The Bertz CT molecular complexity index is 513. The normalized spacial score (nSPS) is 14.5. The van der Waals surface area contributed by atoms with Gasteiger partial charge >= 0.3 is 5.97 Å². The number of imide groups is 1. The number of benzene rings is 1. The minimum absolute atomic E-state index is 0.111. The fourth-order valence-corrected chi connectivity index (χ4v) is 2.04. The molecule has 0 radical (unpaired) electrons. The van der Waals surface area contributed by atoms with Gasteiger partial charge in [-0.1, -0.05) is 30.3 Å². The van der Waals surface area contributed by atoms with Gasteiger partial charge < -0.3 is 9.57 Å². The van der Waals surface area contributed by atoms with E-state index in [1.54, 1.807) is 0 Å². The molecule has 22 heavy (non-hydrogen) atoms. The molecule has 1 aromatic rings.